The third kappa shape index (κ3) is 3.21. The summed E-state index contributed by atoms with van der Waals surface area (Å²) in [5.41, 5.74) is 0.841. The fourth-order valence-electron chi connectivity index (χ4n) is 1.65. The summed E-state index contributed by atoms with van der Waals surface area (Å²) in [6.45, 7) is 1.59. The van der Waals surface area contributed by atoms with E-state index in [4.69, 9.17) is 4.74 Å². The highest BCUT2D eigenvalue weighted by Gasteiger charge is 2.13. The molecular weight excluding hydrogens is 326 g/mol. The van der Waals surface area contributed by atoms with E-state index in [1.807, 2.05) is 0 Å². The molecule has 0 unspecified atom stereocenters. The van der Waals surface area contributed by atoms with E-state index in [9.17, 15) is 14.9 Å². The Balaban J connectivity index is 2.18. The Labute approximate surface area is 123 Å². The van der Waals surface area contributed by atoms with Crippen LogP contribution in [0.3, 0.4) is 0 Å². The first-order valence-corrected chi connectivity index (χ1v) is 6.49. The number of halogens is 1. The van der Waals surface area contributed by atoms with Gasteiger partial charge in [0.15, 0.2) is 0 Å². The first-order chi connectivity index (χ1) is 9.47. The van der Waals surface area contributed by atoms with Gasteiger partial charge >= 0.3 is 5.97 Å². The first-order valence-electron chi connectivity index (χ1n) is 5.70. The lowest BCUT2D eigenvalue weighted by molar-refractivity contribution is -0.385. The van der Waals surface area contributed by atoms with E-state index in [0.717, 1.165) is 4.47 Å². The zero-order chi connectivity index (χ0) is 14.7. The molecule has 0 atom stereocenters. The molecule has 0 aliphatic heterocycles. The fourth-order valence-corrected chi connectivity index (χ4v) is 1.91. The van der Waals surface area contributed by atoms with Gasteiger partial charge in [0.25, 0.3) is 5.69 Å². The van der Waals surface area contributed by atoms with Gasteiger partial charge in [-0.3, -0.25) is 10.1 Å². The molecule has 5 nitrogen and oxygen atoms in total. The van der Waals surface area contributed by atoms with Gasteiger partial charge in [-0.2, -0.15) is 0 Å². The van der Waals surface area contributed by atoms with Gasteiger partial charge in [0.1, 0.15) is 5.75 Å². The van der Waals surface area contributed by atoms with Crippen LogP contribution in [0, 0.1) is 17.0 Å². The van der Waals surface area contributed by atoms with Gasteiger partial charge in [-0.05, 0) is 43.3 Å². The van der Waals surface area contributed by atoms with Crippen LogP contribution >= 0.6 is 15.9 Å². The van der Waals surface area contributed by atoms with Crippen LogP contribution in [0.2, 0.25) is 0 Å². The second-order valence-corrected chi connectivity index (χ2v) is 5.02. The third-order valence-electron chi connectivity index (χ3n) is 2.66. The zero-order valence-electron chi connectivity index (χ0n) is 10.5. The van der Waals surface area contributed by atoms with Crippen molar-refractivity contribution < 1.29 is 14.5 Å². The molecule has 0 heterocycles. The number of ether oxygens (including phenoxy) is 1. The summed E-state index contributed by atoms with van der Waals surface area (Å²) < 4.78 is 6.04. The van der Waals surface area contributed by atoms with Gasteiger partial charge in [0, 0.05) is 16.1 Å². The van der Waals surface area contributed by atoms with Crippen molar-refractivity contribution in [3.05, 3.63) is 68.2 Å². The third-order valence-corrected chi connectivity index (χ3v) is 3.18. The maximum atomic E-state index is 11.9. The highest BCUT2D eigenvalue weighted by Crippen LogP contribution is 2.23. The Kier molecular flexibility index (Phi) is 4.14. The summed E-state index contributed by atoms with van der Waals surface area (Å²) in [7, 11) is 0. The van der Waals surface area contributed by atoms with Crippen LogP contribution in [0.5, 0.6) is 5.75 Å². The minimum Gasteiger partial charge on any atom is -0.423 e. The molecule has 0 aromatic heterocycles. The van der Waals surface area contributed by atoms with Crippen LogP contribution in [-0.2, 0) is 0 Å². The summed E-state index contributed by atoms with van der Waals surface area (Å²) in [5.74, 6) is -0.230. The quantitative estimate of drug-likeness (QED) is 0.369. The number of carbonyl (C=O) groups excluding carboxylic acids is 1. The van der Waals surface area contributed by atoms with Gasteiger partial charge in [-0.1, -0.05) is 15.9 Å². The molecule has 0 saturated carbocycles. The number of nitro groups is 1. The summed E-state index contributed by atoms with van der Waals surface area (Å²) in [6.07, 6.45) is 0. The van der Waals surface area contributed by atoms with Gasteiger partial charge < -0.3 is 4.74 Å². The fraction of sp³-hybridized carbons (Fsp3) is 0.0714. The van der Waals surface area contributed by atoms with Crippen LogP contribution in [0.4, 0.5) is 5.69 Å². The van der Waals surface area contributed by atoms with Gasteiger partial charge in [-0.25, -0.2) is 4.79 Å². The molecular formula is C14H10BrNO4. The van der Waals surface area contributed by atoms with Crippen LogP contribution < -0.4 is 4.74 Å². The van der Waals surface area contributed by atoms with Gasteiger partial charge in [-0.15, -0.1) is 0 Å². The highest BCUT2D eigenvalue weighted by molar-refractivity contribution is 9.10. The molecule has 0 radical (unpaired) electrons. The van der Waals surface area contributed by atoms with Crippen molar-refractivity contribution in [1.82, 2.24) is 0 Å². The molecule has 2 aromatic carbocycles. The number of aryl methyl sites for hydroxylation is 1. The molecule has 102 valence electrons. The Morgan fingerprint density at radius 1 is 1.20 bits per heavy atom. The number of nitrogens with zero attached hydrogens (tertiary/aromatic N) is 1. The van der Waals surface area contributed by atoms with Gasteiger partial charge in [0.05, 0.1) is 10.5 Å². The van der Waals surface area contributed by atoms with E-state index >= 15 is 0 Å². The molecule has 6 heteroatoms. The summed E-state index contributed by atoms with van der Waals surface area (Å²) >= 11 is 3.28. The van der Waals surface area contributed by atoms with Crippen molar-refractivity contribution in [3.63, 3.8) is 0 Å². The number of carbonyl (C=O) groups is 1. The van der Waals surface area contributed by atoms with Crippen molar-refractivity contribution >= 4 is 27.6 Å². The lowest BCUT2D eigenvalue weighted by Gasteiger charge is -2.05. The average Bonchev–Trinajstić information content (AvgIpc) is 2.39. The molecule has 2 rings (SSSR count). The van der Waals surface area contributed by atoms with Crippen molar-refractivity contribution in [2.75, 3.05) is 0 Å². The maximum Gasteiger partial charge on any atom is 0.343 e. The van der Waals surface area contributed by atoms with E-state index in [-0.39, 0.29) is 11.4 Å². The van der Waals surface area contributed by atoms with Crippen LogP contribution in [-0.4, -0.2) is 10.9 Å². The standard InChI is InChI=1S/C14H10BrNO4/c1-9-8-12(6-7-13(9)16(18)19)20-14(17)10-2-4-11(15)5-3-10/h2-8H,1H3. The largest absolute Gasteiger partial charge is 0.423 e. The van der Waals surface area contributed by atoms with Crippen LogP contribution in [0.15, 0.2) is 46.9 Å². The number of hydrogen-bond acceptors (Lipinski definition) is 4. The maximum absolute atomic E-state index is 11.9. The summed E-state index contributed by atoms with van der Waals surface area (Å²) in [5, 5.41) is 10.7. The molecule has 0 fully saturated rings. The molecule has 2 aromatic rings. The Morgan fingerprint density at radius 2 is 1.85 bits per heavy atom. The molecule has 0 saturated heterocycles. The first kappa shape index (κ1) is 14.2. The Morgan fingerprint density at radius 3 is 2.40 bits per heavy atom. The average molecular weight is 336 g/mol. The molecule has 0 N–H and O–H groups in total. The lowest BCUT2D eigenvalue weighted by Crippen LogP contribution is -2.08. The molecule has 0 aliphatic rings. The lowest BCUT2D eigenvalue weighted by atomic mass is 10.2. The SMILES string of the molecule is Cc1cc(OC(=O)c2ccc(Br)cc2)ccc1[N+](=O)[O-]. The molecule has 0 spiro atoms. The number of rotatable bonds is 3. The summed E-state index contributed by atoms with van der Waals surface area (Å²) in [6, 6.07) is 10.9. The van der Waals surface area contributed by atoms with E-state index in [0.29, 0.717) is 11.1 Å². The van der Waals surface area contributed by atoms with Crippen LogP contribution in [0.25, 0.3) is 0 Å². The highest BCUT2D eigenvalue weighted by atomic mass is 79.9. The summed E-state index contributed by atoms with van der Waals surface area (Å²) in [4.78, 5) is 22.1. The van der Waals surface area contributed by atoms with E-state index < -0.39 is 10.9 Å². The predicted molar refractivity (Wildman–Crippen MR) is 76.9 cm³/mol. The van der Waals surface area contributed by atoms with E-state index in [1.165, 1.54) is 18.2 Å². The minimum absolute atomic E-state index is 0.00607. The van der Waals surface area contributed by atoms with E-state index in [2.05, 4.69) is 15.9 Å². The van der Waals surface area contributed by atoms with Gasteiger partial charge in [0.2, 0.25) is 0 Å². The normalized spacial score (nSPS) is 10.1. The Hall–Kier alpha value is -2.21. The predicted octanol–water partition coefficient (Wildman–Crippen LogP) is 3.88. The van der Waals surface area contributed by atoms with E-state index in [1.54, 1.807) is 31.2 Å². The van der Waals surface area contributed by atoms with Crippen molar-refractivity contribution in [3.8, 4) is 5.75 Å². The number of hydrogen-bond donors (Lipinski definition) is 0. The molecule has 20 heavy (non-hydrogen) atoms. The number of nitro benzene ring substituents is 1. The molecule has 0 amide bonds. The minimum atomic E-state index is -0.509. The molecule has 0 aliphatic carbocycles. The number of benzene rings is 2. The topological polar surface area (TPSA) is 69.4 Å². The van der Waals surface area contributed by atoms with Crippen molar-refractivity contribution in [2.24, 2.45) is 0 Å². The number of esters is 1. The molecule has 0 bridgehead atoms. The Bertz CT molecular complexity index is 667. The van der Waals surface area contributed by atoms with Crippen molar-refractivity contribution in [2.45, 2.75) is 6.92 Å². The second-order valence-electron chi connectivity index (χ2n) is 4.10. The van der Waals surface area contributed by atoms with Crippen LogP contribution in [0.1, 0.15) is 15.9 Å². The second kappa shape index (κ2) is 5.83. The van der Waals surface area contributed by atoms with Crippen molar-refractivity contribution in [1.29, 1.82) is 0 Å². The smallest absolute Gasteiger partial charge is 0.343 e. The monoisotopic (exact) mass is 335 g/mol. The zero-order valence-corrected chi connectivity index (χ0v) is 12.1.